The van der Waals surface area contributed by atoms with Gasteiger partial charge in [-0.15, -0.1) is 0 Å². The Bertz CT molecular complexity index is 580. The van der Waals surface area contributed by atoms with E-state index in [4.69, 9.17) is 11.6 Å². The highest BCUT2D eigenvalue weighted by Gasteiger charge is 2.12. The number of allylic oxidation sites excluding steroid dienone is 1. The lowest BCUT2D eigenvalue weighted by molar-refractivity contribution is 1.38. The van der Waals surface area contributed by atoms with E-state index in [0.29, 0.717) is 0 Å². The molecule has 0 amide bonds. The number of hydrogen-bond donors (Lipinski definition) is 1. The van der Waals surface area contributed by atoms with E-state index in [9.17, 15) is 0 Å². The quantitative estimate of drug-likeness (QED) is 0.766. The number of fused-ring (bicyclic) bond motifs is 1. The fourth-order valence-electron chi connectivity index (χ4n) is 1.78. The minimum atomic E-state index is 0.719. The summed E-state index contributed by atoms with van der Waals surface area (Å²) >= 11 is 5.91. The van der Waals surface area contributed by atoms with Crippen LogP contribution in [0.1, 0.15) is 11.3 Å². The molecule has 3 heteroatoms. The summed E-state index contributed by atoms with van der Waals surface area (Å²) in [5.41, 5.74) is 4.24. The summed E-state index contributed by atoms with van der Waals surface area (Å²) in [7, 11) is 0. The van der Waals surface area contributed by atoms with E-state index in [2.05, 4.69) is 16.1 Å². The first kappa shape index (κ1) is 9.43. The minimum Gasteiger partial charge on any atom is -0.362 e. The smallest absolute Gasteiger partial charge is 0.0723 e. The van der Waals surface area contributed by atoms with Crippen LogP contribution in [0.25, 0.3) is 11.6 Å². The van der Waals surface area contributed by atoms with Crippen molar-refractivity contribution in [3.05, 3.63) is 52.8 Å². The molecule has 0 spiro atoms. The summed E-state index contributed by atoms with van der Waals surface area (Å²) in [6.45, 7) is 0. The third-order valence-electron chi connectivity index (χ3n) is 2.55. The Morgan fingerprint density at radius 2 is 2.19 bits per heavy atom. The van der Waals surface area contributed by atoms with Crippen LogP contribution < -0.4 is 0 Å². The summed E-state index contributed by atoms with van der Waals surface area (Å²) in [5.74, 6) is 0. The molecule has 2 aromatic rings. The van der Waals surface area contributed by atoms with Crippen LogP contribution in [0.15, 0.2) is 41.5 Å². The van der Waals surface area contributed by atoms with Crippen molar-refractivity contribution in [1.29, 1.82) is 0 Å². The van der Waals surface area contributed by atoms with Crippen molar-refractivity contribution in [2.24, 2.45) is 4.99 Å². The molecule has 0 radical (unpaired) electrons. The Kier molecular flexibility index (Phi) is 2.15. The van der Waals surface area contributed by atoms with E-state index in [1.165, 1.54) is 0 Å². The zero-order valence-electron chi connectivity index (χ0n) is 8.44. The number of aromatic nitrogens is 1. The fourth-order valence-corrected chi connectivity index (χ4v) is 1.95. The van der Waals surface area contributed by atoms with Crippen molar-refractivity contribution < 1.29 is 0 Å². The lowest BCUT2D eigenvalue weighted by Gasteiger charge is -1.99. The van der Waals surface area contributed by atoms with E-state index in [1.807, 2.05) is 42.7 Å². The minimum absolute atomic E-state index is 0.719. The SMILES string of the molecule is Clc1ccc2c(c1)N=CC2=Cc1ccc[nH]1. The van der Waals surface area contributed by atoms with Crippen LogP contribution in [0.4, 0.5) is 5.69 Å². The zero-order chi connectivity index (χ0) is 11.0. The molecule has 0 atom stereocenters. The fraction of sp³-hybridized carbons (Fsp3) is 0. The zero-order valence-corrected chi connectivity index (χ0v) is 9.20. The number of benzene rings is 1. The van der Waals surface area contributed by atoms with Gasteiger partial charge in [0.25, 0.3) is 0 Å². The highest BCUT2D eigenvalue weighted by Crippen LogP contribution is 2.34. The molecule has 16 heavy (non-hydrogen) atoms. The number of aliphatic imine (C=N–C) groups is 1. The van der Waals surface area contributed by atoms with Crippen molar-refractivity contribution in [2.45, 2.75) is 0 Å². The van der Waals surface area contributed by atoms with Gasteiger partial charge in [-0.2, -0.15) is 0 Å². The highest BCUT2D eigenvalue weighted by molar-refractivity contribution is 6.31. The topological polar surface area (TPSA) is 28.1 Å². The first-order valence-electron chi connectivity index (χ1n) is 5.02. The van der Waals surface area contributed by atoms with Crippen molar-refractivity contribution in [3.8, 4) is 0 Å². The maximum Gasteiger partial charge on any atom is 0.0723 e. The van der Waals surface area contributed by atoms with Crippen molar-refractivity contribution in [1.82, 2.24) is 4.98 Å². The van der Waals surface area contributed by atoms with Crippen LogP contribution in [0.2, 0.25) is 5.02 Å². The molecule has 1 N–H and O–H groups in total. The standard InChI is InChI=1S/C13H9ClN2/c14-10-3-4-12-9(8-16-13(12)7-10)6-11-2-1-5-15-11/h1-8,15H. The van der Waals surface area contributed by atoms with Gasteiger partial charge in [0.15, 0.2) is 0 Å². The van der Waals surface area contributed by atoms with Crippen LogP contribution in [0, 0.1) is 0 Å². The monoisotopic (exact) mass is 228 g/mol. The Morgan fingerprint density at radius 1 is 1.25 bits per heavy atom. The van der Waals surface area contributed by atoms with Gasteiger partial charge in [0, 0.05) is 34.3 Å². The van der Waals surface area contributed by atoms with E-state index in [-0.39, 0.29) is 0 Å². The number of rotatable bonds is 1. The number of nitrogens with one attached hydrogen (secondary N) is 1. The lowest BCUT2D eigenvalue weighted by atomic mass is 10.1. The summed E-state index contributed by atoms with van der Waals surface area (Å²) in [5, 5.41) is 0.719. The predicted octanol–water partition coefficient (Wildman–Crippen LogP) is 3.92. The van der Waals surface area contributed by atoms with Crippen molar-refractivity contribution >= 4 is 35.2 Å². The molecule has 2 heterocycles. The lowest BCUT2D eigenvalue weighted by Crippen LogP contribution is -1.80. The van der Waals surface area contributed by atoms with Crippen molar-refractivity contribution in [2.75, 3.05) is 0 Å². The molecule has 1 aromatic carbocycles. The van der Waals surface area contributed by atoms with Crippen LogP contribution in [0.3, 0.4) is 0 Å². The van der Waals surface area contributed by atoms with Gasteiger partial charge >= 0.3 is 0 Å². The Morgan fingerprint density at radius 3 is 3.00 bits per heavy atom. The number of halogens is 1. The van der Waals surface area contributed by atoms with E-state index in [0.717, 1.165) is 27.5 Å². The molecular weight excluding hydrogens is 220 g/mol. The Balaban J connectivity index is 2.07. The van der Waals surface area contributed by atoms with Gasteiger partial charge in [-0.1, -0.05) is 17.7 Å². The van der Waals surface area contributed by atoms with Crippen LogP contribution >= 0.6 is 11.6 Å². The molecule has 1 aliphatic rings. The van der Waals surface area contributed by atoms with Gasteiger partial charge in [-0.05, 0) is 30.3 Å². The molecule has 0 fully saturated rings. The molecule has 0 saturated carbocycles. The van der Waals surface area contributed by atoms with Gasteiger partial charge in [0.2, 0.25) is 0 Å². The second-order valence-electron chi connectivity index (χ2n) is 3.64. The van der Waals surface area contributed by atoms with E-state index >= 15 is 0 Å². The Labute approximate surface area is 98.3 Å². The molecule has 0 bridgehead atoms. The normalized spacial score (nSPS) is 15.7. The summed E-state index contributed by atoms with van der Waals surface area (Å²) in [6.07, 6.45) is 5.84. The maximum absolute atomic E-state index is 5.91. The third kappa shape index (κ3) is 1.57. The first-order valence-corrected chi connectivity index (χ1v) is 5.40. The van der Waals surface area contributed by atoms with Crippen molar-refractivity contribution in [3.63, 3.8) is 0 Å². The first-order chi connectivity index (χ1) is 7.83. The third-order valence-corrected chi connectivity index (χ3v) is 2.78. The molecule has 2 nitrogen and oxygen atoms in total. The maximum atomic E-state index is 5.91. The van der Waals surface area contributed by atoms with Gasteiger partial charge in [-0.3, -0.25) is 4.99 Å². The average molecular weight is 229 g/mol. The largest absolute Gasteiger partial charge is 0.362 e. The van der Waals surface area contributed by atoms with Gasteiger partial charge < -0.3 is 4.98 Å². The Hall–Kier alpha value is -1.80. The number of hydrogen-bond acceptors (Lipinski definition) is 1. The highest BCUT2D eigenvalue weighted by atomic mass is 35.5. The van der Waals surface area contributed by atoms with Crippen LogP contribution in [0.5, 0.6) is 0 Å². The van der Waals surface area contributed by atoms with Gasteiger partial charge in [0.05, 0.1) is 5.69 Å². The summed E-state index contributed by atoms with van der Waals surface area (Å²) < 4.78 is 0. The number of aromatic amines is 1. The molecule has 1 aromatic heterocycles. The van der Waals surface area contributed by atoms with Crippen LogP contribution in [-0.4, -0.2) is 11.2 Å². The average Bonchev–Trinajstić information content (AvgIpc) is 2.89. The van der Waals surface area contributed by atoms with Gasteiger partial charge in [0.1, 0.15) is 0 Å². The predicted molar refractivity (Wildman–Crippen MR) is 68.3 cm³/mol. The number of nitrogens with zero attached hydrogens (tertiary/aromatic N) is 1. The molecule has 1 aliphatic heterocycles. The van der Waals surface area contributed by atoms with E-state index < -0.39 is 0 Å². The van der Waals surface area contributed by atoms with E-state index in [1.54, 1.807) is 0 Å². The van der Waals surface area contributed by atoms with Gasteiger partial charge in [-0.25, -0.2) is 0 Å². The molecule has 0 aliphatic carbocycles. The second-order valence-corrected chi connectivity index (χ2v) is 4.08. The number of H-pyrrole nitrogens is 1. The summed E-state index contributed by atoms with van der Waals surface area (Å²) in [4.78, 5) is 7.47. The summed E-state index contributed by atoms with van der Waals surface area (Å²) in [6, 6.07) is 9.76. The molecule has 0 saturated heterocycles. The molecular formula is C13H9ClN2. The molecule has 78 valence electrons. The molecule has 0 unspecified atom stereocenters. The van der Waals surface area contributed by atoms with Crippen LogP contribution in [-0.2, 0) is 0 Å². The molecule has 3 rings (SSSR count). The second kappa shape index (κ2) is 3.65.